The fourth-order valence-corrected chi connectivity index (χ4v) is 11.0. The summed E-state index contributed by atoms with van der Waals surface area (Å²) >= 11 is 3.72. The van der Waals surface area contributed by atoms with Gasteiger partial charge in [-0.25, -0.2) is 5.43 Å². The first-order chi connectivity index (χ1) is 33.5. The Bertz CT molecular complexity index is 2700. The second-order valence-electron chi connectivity index (χ2n) is 20.3. The SMILES string of the molecule is CCn1c(-c2cccnc2[C@H](C)OC)c2c3cc(ccc31)-c1cccc(c1)C[C@H](NC(=O)C(C(C)C)N(C)C(=O)[C@H]1CCN(C(=O)C#C[C@@H]3CCO3)C1)C(=O)N1CC(Br)C[C@H](N1)C(=O)OCC(C)(C)C2. The summed E-state index contributed by atoms with van der Waals surface area (Å²) in [5.74, 6) is 2.64. The number of rotatable bonds is 9. The molecule has 6 heterocycles. The molecule has 2 unspecified atom stereocenters. The van der Waals surface area contributed by atoms with E-state index in [9.17, 15) is 24.0 Å². The van der Waals surface area contributed by atoms with Crippen molar-refractivity contribution in [2.75, 3.05) is 47.0 Å². The summed E-state index contributed by atoms with van der Waals surface area (Å²) < 4.78 is 19.6. The summed E-state index contributed by atoms with van der Waals surface area (Å²) in [5, 5.41) is 5.55. The fourth-order valence-electron chi connectivity index (χ4n) is 10.3. The fraction of sp³-hybridized carbons (Fsp3) is 0.519. The number of methoxy groups -OCH3 is 1. The zero-order valence-electron chi connectivity index (χ0n) is 41.6. The van der Waals surface area contributed by atoms with Crippen molar-refractivity contribution in [2.45, 2.75) is 115 Å². The highest BCUT2D eigenvalue weighted by Crippen LogP contribution is 2.42. The molecule has 8 rings (SSSR count). The van der Waals surface area contributed by atoms with Crippen molar-refractivity contribution in [3.8, 4) is 34.2 Å². The number of likely N-dealkylation sites (tertiary alicyclic amines) is 1. The minimum absolute atomic E-state index is 0.111. The van der Waals surface area contributed by atoms with E-state index in [1.807, 2.05) is 45.0 Å². The third kappa shape index (κ3) is 10.8. The number of fused-ring (bicyclic) bond motifs is 6. The highest BCUT2D eigenvalue weighted by molar-refractivity contribution is 9.09. The molecule has 70 heavy (non-hydrogen) atoms. The van der Waals surface area contributed by atoms with Crippen LogP contribution in [0.2, 0.25) is 0 Å². The van der Waals surface area contributed by atoms with Gasteiger partial charge in [0.25, 0.3) is 11.8 Å². The highest BCUT2D eigenvalue weighted by atomic mass is 79.9. The van der Waals surface area contributed by atoms with Crippen molar-refractivity contribution in [1.82, 2.24) is 35.1 Å². The van der Waals surface area contributed by atoms with Crippen molar-refractivity contribution in [3.05, 3.63) is 77.6 Å². The summed E-state index contributed by atoms with van der Waals surface area (Å²) in [6.45, 7) is 14.3. The zero-order chi connectivity index (χ0) is 50.0. The number of carbonyl (C=O) groups excluding carboxylic acids is 5. The Labute approximate surface area is 419 Å². The van der Waals surface area contributed by atoms with Crippen LogP contribution in [0.15, 0.2) is 60.8 Å². The zero-order valence-corrected chi connectivity index (χ0v) is 43.1. The number of ether oxygens (including phenoxy) is 3. The van der Waals surface area contributed by atoms with Gasteiger partial charge in [-0.15, -0.1) is 0 Å². The van der Waals surface area contributed by atoms with Gasteiger partial charge in [-0.2, -0.15) is 0 Å². The summed E-state index contributed by atoms with van der Waals surface area (Å²) in [4.78, 5) is 78.3. The van der Waals surface area contributed by atoms with Crippen LogP contribution < -0.4 is 10.7 Å². The number of nitrogens with zero attached hydrogens (tertiary/aromatic N) is 5. The molecular formula is C54H66BrN7O8. The number of nitrogens with one attached hydrogen (secondary N) is 2. The molecule has 4 aliphatic heterocycles. The number of carbonyl (C=O) groups is 5. The topological polar surface area (TPSA) is 165 Å². The Morgan fingerprint density at radius 3 is 2.54 bits per heavy atom. The number of pyridine rings is 1. The third-order valence-electron chi connectivity index (χ3n) is 14.2. The predicted molar refractivity (Wildman–Crippen MR) is 270 cm³/mol. The Kier molecular flexibility index (Phi) is 15.5. The number of cyclic esters (lactones) is 1. The molecule has 15 nitrogen and oxygen atoms in total. The van der Waals surface area contributed by atoms with E-state index >= 15 is 0 Å². The molecule has 4 aromatic rings. The van der Waals surface area contributed by atoms with Crippen LogP contribution in [-0.4, -0.2) is 130 Å². The molecule has 372 valence electrons. The minimum Gasteiger partial charge on any atom is -0.464 e. The normalized spacial score (nSPS) is 23.4. The maximum absolute atomic E-state index is 14.9. The van der Waals surface area contributed by atoms with E-state index in [2.05, 4.69) is 94.2 Å². The van der Waals surface area contributed by atoms with Gasteiger partial charge in [0.05, 0.1) is 36.6 Å². The van der Waals surface area contributed by atoms with Crippen LogP contribution in [-0.2, 0) is 57.6 Å². The van der Waals surface area contributed by atoms with E-state index in [1.165, 1.54) is 9.91 Å². The molecule has 7 atom stereocenters. The number of halogens is 1. The van der Waals surface area contributed by atoms with Crippen LogP contribution in [0.1, 0.15) is 83.7 Å². The van der Waals surface area contributed by atoms with E-state index in [0.717, 1.165) is 56.5 Å². The number of hydrogen-bond acceptors (Lipinski definition) is 10. The quantitative estimate of drug-likeness (QED) is 0.111. The Balaban J connectivity index is 1.14. The van der Waals surface area contributed by atoms with Crippen LogP contribution in [0.4, 0.5) is 0 Å². The molecular weight excluding hydrogens is 955 g/mol. The molecule has 2 N–H and O–H groups in total. The summed E-state index contributed by atoms with van der Waals surface area (Å²) in [7, 11) is 3.29. The molecule has 2 aromatic carbocycles. The van der Waals surface area contributed by atoms with Gasteiger partial charge in [0, 0.05) is 86.1 Å². The number of likely N-dealkylation sites (N-methyl/N-ethyl adjacent to an activating group) is 1. The van der Waals surface area contributed by atoms with Gasteiger partial charge in [0.1, 0.15) is 24.2 Å². The lowest BCUT2D eigenvalue weighted by molar-refractivity contribution is -0.155. The molecule has 3 fully saturated rings. The maximum Gasteiger partial charge on any atom is 0.325 e. The smallest absolute Gasteiger partial charge is 0.325 e. The van der Waals surface area contributed by atoms with Gasteiger partial charge in [-0.3, -0.25) is 34.0 Å². The van der Waals surface area contributed by atoms with E-state index < -0.39 is 47.2 Å². The van der Waals surface area contributed by atoms with Crippen LogP contribution in [0, 0.1) is 29.1 Å². The first-order valence-electron chi connectivity index (χ1n) is 24.6. The lowest BCUT2D eigenvalue weighted by atomic mass is 9.84. The molecule has 3 saturated heterocycles. The monoisotopic (exact) mass is 1020 g/mol. The average Bonchev–Trinajstić information content (AvgIpc) is 3.94. The summed E-state index contributed by atoms with van der Waals surface area (Å²) in [6.07, 6.45) is 3.59. The van der Waals surface area contributed by atoms with E-state index in [-0.39, 0.29) is 60.9 Å². The number of hydrazine groups is 1. The molecule has 0 aliphatic carbocycles. The maximum atomic E-state index is 14.9. The number of hydrogen-bond donors (Lipinski definition) is 2. The van der Waals surface area contributed by atoms with Gasteiger partial charge in [-0.05, 0) is 91.5 Å². The van der Waals surface area contributed by atoms with Gasteiger partial charge >= 0.3 is 5.97 Å². The lowest BCUT2D eigenvalue weighted by Gasteiger charge is -2.38. The average molecular weight is 1020 g/mol. The molecule has 4 amide bonds. The van der Waals surface area contributed by atoms with Crippen molar-refractivity contribution in [1.29, 1.82) is 0 Å². The van der Waals surface area contributed by atoms with Crippen LogP contribution >= 0.6 is 15.9 Å². The second-order valence-corrected chi connectivity index (χ2v) is 21.6. The van der Waals surface area contributed by atoms with Crippen molar-refractivity contribution in [3.63, 3.8) is 0 Å². The number of aromatic nitrogens is 2. The van der Waals surface area contributed by atoms with Crippen LogP contribution in [0.5, 0.6) is 0 Å². The molecule has 6 bridgehead atoms. The minimum atomic E-state index is -1.09. The van der Waals surface area contributed by atoms with Gasteiger partial charge < -0.3 is 33.9 Å². The van der Waals surface area contributed by atoms with E-state index in [0.29, 0.717) is 39.0 Å². The van der Waals surface area contributed by atoms with Crippen molar-refractivity contribution in [2.24, 2.45) is 17.3 Å². The van der Waals surface area contributed by atoms with Crippen LogP contribution in [0.3, 0.4) is 0 Å². The highest BCUT2D eigenvalue weighted by Gasteiger charge is 2.41. The molecule has 0 saturated carbocycles. The lowest BCUT2D eigenvalue weighted by Crippen LogP contribution is -2.64. The van der Waals surface area contributed by atoms with Crippen molar-refractivity contribution >= 4 is 56.4 Å². The second kappa shape index (κ2) is 21.4. The third-order valence-corrected chi connectivity index (χ3v) is 14.8. The van der Waals surface area contributed by atoms with Crippen molar-refractivity contribution < 1.29 is 38.2 Å². The first kappa shape index (κ1) is 50.8. The Morgan fingerprint density at radius 1 is 1.06 bits per heavy atom. The Morgan fingerprint density at radius 2 is 1.83 bits per heavy atom. The molecule has 2 aromatic heterocycles. The predicted octanol–water partition coefficient (Wildman–Crippen LogP) is 6.24. The van der Waals surface area contributed by atoms with Crippen LogP contribution in [0.25, 0.3) is 33.3 Å². The largest absolute Gasteiger partial charge is 0.464 e. The number of esters is 1. The number of amides is 4. The molecule has 16 heteroatoms. The first-order valence-corrected chi connectivity index (χ1v) is 25.5. The molecule has 0 spiro atoms. The van der Waals surface area contributed by atoms with Gasteiger partial charge in [0.15, 0.2) is 0 Å². The number of benzene rings is 2. The summed E-state index contributed by atoms with van der Waals surface area (Å²) in [5.41, 5.74) is 10.4. The number of aryl methyl sites for hydroxylation is 1. The standard InChI is InChI=1S/C54H66BrN7O8/c1-9-61-45-17-15-36-26-41(45)42(49(61)40-14-11-21-56-47(40)33(4)68-8)28-54(5,6)31-70-53(67)44-27-38(55)30-62(58-44)52(66)43(25-34-12-10-13-35(36)24-34)57-50(64)48(32(2)3)59(7)51(65)37-19-22-60(29-37)46(63)18-16-39-20-23-69-39/h10-15,17,21,24,26,32-33,37-39,43-44,48,58H,9,19-20,22-23,25,27-31H2,1-8H3,(H,57,64)/t33-,37-,38?,39+,43-,44-,48?/m0/s1. The molecule has 4 aliphatic rings. The molecule has 0 radical (unpaired) electrons. The van der Waals surface area contributed by atoms with Gasteiger partial charge in [-0.1, -0.05) is 79.9 Å². The summed E-state index contributed by atoms with van der Waals surface area (Å²) in [6, 6.07) is 15.7. The van der Waals surface area contributed by atoms with E-state index in [4.69, 9.17) is 19.2 Å². The number of alkyl halides is 1. The van der Waals surface area contributed by atoms with E-state index in [1.54, 1.807) is 25.3 Å². The van der Waals surface area contributed by atoms with Gasteiger partial charge in [0.2, 0.25) is 11.8 Å². The Hall–Kier alpha value is -5.60.